The molecule has 2 aliphatic carbocycles. The fraction of sp³-hybridized carbons (Fsp3) is 0.0492. The second-order valence-corrected chi connectivity index (χ2v) is 17.6. The normalized spacial score (nSPS) is 13.0. The van der Waals surface area contributed by atoms with Gasteiger partial charge in [0.15, 0.2) is 0 Å². The van der Waals surface area contributed by atoms with Crippen LogP contribution in [0.2, 0.25) is 0 Å². The molecule has 0 bridgehead atoms. The van der Waals surface area contributed by atoms with Crippen molar-refractivity contribution in [1.29, 1.82) is 0 Å². The van der Waals surface area contributed by atoms with E-state index in [0.29, 0.717) is 0 Å². The Kier molecular flexibility index (Phi) is 7.68. The summed E-state index contributed by atoms with van der Waals surface area (Å²) in [7, 11) is 0. The van der Waals surface area contributed by atoms with Crippen LogP contribution in [0.15, 0.2) is 217 Å². The Bertz CT molecular complexity index is 3600. The Morgan fingerprint density at radius 2 is 0.873 bits per heavy atom. The van der Waals surface area contributed by atoms with Gasteiger partial charge in [0.1, 0.15) is 11.2 Å². The molecule has 1 heterocycles. The molecule has 0 saturated carbocycles. The highest BCUT2D eigenvalue weighted by molar-refractivity contribution is 6.19. The number of para-hydroxylation sites is 2. The molecular weight excluding hydrogens is 763 g/mol. The third kappa shape index (κ3) is 5.38. The van der Waals surface area contributed by atoms with E-state index in [9.17, 15) is 0 Å². The molecule has 0 saturated heterocycles. The Labute approximate surface area is 367 Å². The highest BCUT2D eigenvalue weighted by Crippen LogP contribution is 2.54. The summed E-state index contributed by atoms with van der Waals surface area (Å²) in [6, 6.07) is 77.9. The monoisotopic (exact) mass is 803 g/mol. The number of hydrogen-bond donors (Lipinski definition) is 0. The van der Waals surface area contributed by atoms with E-state index in [2.05, 4.69) is 219 Å². The minimum atomic E-state index is -0.188. The number of fused-ring (bicyclic) bond motifs is 9. The van der Waals surface area contributed by atoms with E-state index < -0.39 is 0 Å². The fourth-order valence-electron chi connectivity index (χ4n) is 10.7. The average molecular weight is 804 g/mol. The molecule has 0 fully saturated rings. The smallest absolute Gasteiger partial charge is 0.143 e. The van der Waals surface area contributed by atoms with Gasteiger partial charge >= 0.3 is 0 Å². The molecule has 0 aliphatic heterocycles. The lowest BCUT2D eigenvalue weighted by Gasteiger charge is -2.29. The van der Waals surface area contributed by atoms with Crippen molar-refractivity contribution in [3.8, 4) is 66.8 Å². The van der Waals surface area contributed by atoms with E-state index in [0.717, 1.165) is 44.4 Å². The SMILES string of the molecule is CC1(C)c2cc(-c3ccccc3)ccc2-c2ccc(N(c3ccc(-c4ccc(-c5cccc6c5oc5ccccc56)cc4)cc3)c3ccc4c5c(cccc35)-c3ccccc3-4)cc21. The van der Waals surface area contributed by atoms with Crippen LogP contribution >= 0.6 is 0 Å². The molecule has 0 radical (unpaired) electrons. The van der Waals surface area contributed by atoms with Crippen LogP contribution in [0.4, 0.5) is 17.1 Å². The summed E-state index contributed by atoms with van der Waals surface area (Å²) in [6.07, 6.45) is 0. The lowest BCUT2D eigenvalue weighted by atomic mass is 9.81. The van der Waals surface area contributed by atoms with Crippen LogP contribution in [0.3, 0.4) is 0 Å². The third-order valence-corrected chi connectivity index (χ3v) is 13.8. The van der Waals surface area contributed by atoms with Crippen molar-refractivity contribution < 1.29 is 4.42 Å². The first kappa shape index (κ1) is 35.8. The van der Waals surface area contributed by atoms with Gasteiger partial charge in [-0.3, -0.25) is 0 Å². The largest absolute Gasteiger partial charge is 0.455 e. The minimum absolute atomic E-state index is 0.188. The van der Waals surface area contributed by atoms with Crippen molar-refractivity contribution in [1.82, 2.24) is 0 Å². The minimum Gasteiger partial charge on any atom is -0.455 e. The van der Waals surface area contributed by atoms with Gasteiger partial charge in [0, 0.05) is 38.5 Å². The Morgan fingerprint density at radius 3 is 1.65 bits per heavy atom. The summed E-state index contributed by atoms with van der Waals surface area (Å²) < 4.78 is 6.39. The van der Waals surface area contributed by atoms with Crippen LogP contribution < -0.4 is 4.90 Å². The molecule has 296 valence electrons. The number of benzene rings is 10. The first-order chi connectivity index (χ1) is 31.0. The molecule has 2 nitrogen and oxygen atoms in total. The second-order valence-electron chi connectivity index (χ2n) is 17.6. The first-order valence-electron chi connectivity index (χ1n) is 21.9. The molecular formula is C61H41NO. The maximum Gasteiger partial charge on any atom is 0.143 e. The number of rotatable bonds is 6. The molecule has 0 atom stereocenters. The van der Waals surface area contributed by atoms with Crippen LogP contribution in [-0.2, 0) is 5.41 Å². The molecule has 11 aromatic rings. The lowest BCUT2D eigenvalue weighted by molar-refractivity contribution is 0.660. The van der Waals surface area contributed by atoms with Gasteiger partial charge in [-0.15, -0.1) is 0 Å². The topological polar surface area (TPSA) is 16.4 Å². The zero-order valence-electron chi connectivity index (χ0n) is 35.1. The van der Waals surface area contributed by atoms with E-state index >= 15 is 0 Å². The Morgan fingerprint density at radius 1 is 0.349 bits per heavy atom. The van der Waals surface area contributed by atoms with E-state index in [-0.39, 0.29) is 5.41 Å². The molecule has 0 amide bonds. The van der Waals surface area contributed by atoms with Gasteiger partial charge in [-0.25, -0.2) is 0 Å². The molecule has 0 spiro atoms. The highest BCUT2D eigenvalue weighted by Gasteiger charge is 2.36. The highest BCUT2D eigenvalue weighted by atomic mass is 16.3. The predicted molar refractivity (Wildman–Crippen MR) is 264 cm³/mol. The van der Waals surface area contributed by atoms with Crippen molar-refractivity contribution in [3.05, 3.63) is 223 Å². The van der Waals surface area contributed by atoms with Crippen LogP contribution in [-0.4, -0.2) is 0 Å². The van der Waals surface area contributed by atoms with Crippen LogP contribution in [0.5, 0.6) is 0 Å². The van der Waals surface area contributed by atoms with E-state index in [1.807, 2.05) is 12.1 Å². The molecule has 0 unspecified atom stereocenters. The van der Waals surface area contributed by atoms with E-state index in [1.54, 1.807) is 0 Å². The molecule has 1 aromatic heterocycles. The standard InChI is InChI=1S/C61H41NO/c1-61(2)55-36-42(38-12-4-3-5-13-38)28-32-48(55)49-33-31-44(37-56(49)61)62(57-35-34-52-47-15-7-6-14-46(47)51-18-11-20-54(57)59(51)52)43-29-26-40(27-30-43)39-22-24-41(25-23-39)45-17-10-19-53-50-16-8-9-21-58(50)63-60(45)53/h3-37H,1-2H3. The number of nitrogens with zero attached hydrogens (tertiary/aromatic N) is 1. The third-order valence-electron chi connectivity index (χ3n) is 13.8. The number of anilines is 3. The van der Waals surface area contributed by atoms with Gasteiger partial charge in [0.25, 0.3) is 0 Å². The van der Waals surface area contributed by atoms with Gasteiger partial charge in [-0.2, -0.15) is 0 Å². The fourth-order valence-corrected chi connectivity index (χ4v) is 10.7. The van der Waals surface area contributed by atoms with E-state index in [1.165, 1.54) is 83.2 Å². The zero-order valence-corrected chi connectivity index (χ0v) is 35.1. The van der Waals surface area contributed by atoms with Crippen molar-refractivity contribution in [2.24, 2.45) is 0 Å². The summed E-state index contributed by atoms with van der Waals surface area (Å²) in [4.78, 5) is 2.47. The van der Waals surface area contributed by atoms with Gasteiger partial charge in [-0.1, -0.05) is 184 Å². The van der Waals surface area contributed by atoms with Crippen molar-refractivity contribution in [3.63, 3.8) is 0 Å². The quantitative estimate of drug-likeness (QED) is 0.166. The number of hydrogen-bond acceptors (Lipinski definition) is 2. The Hall–Kier alpha value is -7.94. The first-order valence-corrected chi connectivity index (χ1v) is 21.9. The molecule has 63 heavy (non-hydrogen) atoms. The summed E-state index contributed by atoms with van der Waals surface area (Å²) in [5.41, 5.74) is 22.7. The zero-order chi connectivity index (χ0) is 41.8. The van der Waals surface area contributed by atoms with Crippen LogP contribution in [0, 0.1) is 0 Å². The average Bonchev–Trinajstić information content (AvgIpc) is 3.96. The molecule has 2 aliphatic rings. The predicted octanol–water partition coefficient (Wildman–Crippen LogP) is 17.2. The summed E-state index contributed by atoms with van der Waals surface area (Å²) >= 11 is 0. The van der Waals surface area contributed by atoms with Crippen molar-refractivity contribution >= 4 is 49.8 Å². The van der Waals surface area contributed by atoms with Crippen molar-refractivity contribution in [2.75, 3.05) is 4.90 Å². The molecule has 0 N–H and O–H groups in total. The van der Waals surface area contributed by atoms with Crippen LogP contribution in [0.1, 0.15) is 25.0 Å². The molecule has 2 heteroatoms. The van der Waals surface area contributed by atoms with E-state index in [4.69, 9.17) is 4.42 Å². The van der Waals surface area contributed by atoms with Gasteiger partial charge < -0.3 is 9.32 Å². The maximum absolute atomic E-state index is 6.39. The number of furan rings is 1. The second kappa shape index (κ2) is 13.5. The van der Waals surface area contributed by atoms with Gasteiger partial charge in [-0.05, 0) is 120 Å². The maximum atomic E-state index is 6.39. The van der Waals surface area contributed by atoms with Crippen molar-refractivity contribution in [2.45, 2.75) is 19.3 Å². The van der Waals surface area contributed by atoms with Gasteiger partial charge in [0.05, 0.1) is 5.69 Å². The Balaban J connectivity index is 0.916. The summed E-state index contributed by atoms with van der Waals surface area (Å²) in [5, 5.41) is 4.86. The van der Waals surface area contributed by atoms with Gasteiger partial charge in [0.2, 0.25) is 0 Å². The summed E-state index contributed by atoms with van der Waals surface area (Å²) in [6.45, 7) is 4.77. The molecule has 10 aromatic carbocycles. The summed E-state index contributed by atoms with van der Waals surface area (Å²) in [5.74, 6) is 0. The lowest BCUT2D eigenvalue weighted by Crippen LogP contribution is -2.17. The molecule has 13 rings (SSSR count). The van der Waals surface area contributed by atoms with Crippen LogP contribution in [0.25, 0.3) is 99.5 Å².